The Labute approximate surface area is 342 Å². The molecule has 3 heterocycles. The minimum absolute atomic E-state index is 0.0545. The fourth-order valence-corrected chi connectivity index (χ4v) is 10.0. The van der Waals surface area contributed by atoms with Gasteiger partial charge in [-0.05, 0) is 100 Å². The molecule has 0 unspecified atom stereocenters. The molecular weight excluding hydrogens is 852 g/mol. The maximum atomic E-state index is 15.4. The molecule has 2 aliphatic carbocycles. The van der Waals surface area contributed by atoms with Gasteiger partial charge in [-0.2, -0.15) is 18.2 Å². The maximum absolute atomic E-state index is 15.4. The van der Waals surface area contributed by atoms with Crippen LogP contribution in [0.15, 0.2) is 89.0 Å². The third kappa shape index (κ3) is 6.01. The number of phenolic OH excluding ortho intramolecular Hbond substituents is 1. The Kier molecular flexibility index (Phi) is 9.68. The van der Waals surface area contributed by atoms with Crippen LogP contribution in [0.4, 0.5) is 24.7 Å². The number of carbonyl (C=O) groups is 4. The van der Waals surface area contributed by atoms with Gasteiger partial charge in [-0.3, -0.25) is 29.5 Å². The van der Waals surface area contributed by atoms with Gasteiger partial charge in [0.25, 0.3) is 11.8 Å². The highest BCUT2D eigenvalue weighted by Crippen LogP contribution is 2.65. The molecule has 6 atom stereocenters. The molecular formula is C41H32BrCl2F3N4O6. The van der Waals surface area contributed by atoms with E-state index < -0.39 is 69.5 Å². The van der Waals surface area contributed by atoms with Crippen molar-refractivity contribution >= 4 is 74.3 Å². The highest BCUT2D eigenvalue weighted by molar-refractivity contribution is 9.10. The quantitative estimate of drug-likeness (QED) is 0.140. The van der Waals surface area contributed by atoms with E-state index in [1.807, 2.05) is 25.1 Å². The number of aromatic nitrogens is 1. The molecule has 57 heavy (non-hydrogen) atoms. The molecule has 2 saturated heterocycles. The van der Waals surface area contributed by atoms with Crippen LogP contribution in [-0.2, 0) is 37.2 Å². The van der Waals surface area contributed by atoms with E-state index in [0.29, 0.717) is 39.7 Å². The normalized spacial score (nSPS) is 25.6. The number of phenols is 1. The number of nitrogens with one attached hydrogen (secondary N) is 1. The standard InChI is InChI=1S/C41H32BrCl2F3N4O6/c1-3-19-4-10-24(11-5-19)50-36(53)26-13-12-25-27(32(26)38(50)55)17-28-37(54)51(49-35-30(44)16-22(18-48-35)41(45,46)47)39(56)40(28,21-6-8-23(43)9-7-21)33(25)20-14-29(42)34(52)31(15-20)57-2/h4-12,14-16,18,26-28,32-33,52H,3,13,17H2,1-2H3,(H,48,49)/t26-,27+,28-,32-,33-,40+/m0/s1. The number of halogens is 6. The first-order valence-electron chi connectivity index (χ1n) is 18.0. The van der Waals surface area contributed by atoms with Gasteiger partial charge in [0.2, 0.25) is 11.8 Å². The number of amides is 4. The van der Waals surface area contributed by atoms with Crippen LogP contribution in [-0.4, -0.2) is 45.8 Å². The van der Waals surface area contributed by atoms with Crippen LogP contribution in [0.25, 0.3) is 0 Å². The summed E-state index contributed by atoms with van der Waals surface area (Å²) in [5, 5.41) is 11.5. The third-order valence-electron chi connectivity index (χ3n) is 11.8. The van der Waals surface area contributed by atoms with Crippen LogP contribution >= 0.6 is 39.1 Å². The summed E-state index contributed by atoms with van der Waals surface area (Å²) in [6.45, 7) is 2.00. The Hall–Kier alpha value is -4.92. The first-order valence-corrected chi connectivity index (χ1v) is 19.5. The lowest BCUT2D eigenvalue weighted by atomic mass is 9.49. The first kappa shape index (κ1) is 38.9. The SMILES string of the molecule is CCc1ccc(N2C(=O)[C@H]3[C@H](CC=C4[C@H]3C[C@H]3C(=O)N(Nc5ncc(C(F)(F)F)cc5Cl)C(=O)[C@@]3(c3ccc(Cl)cc3)[C@H]4c3cc(Br)c(O)c(OC)c3)C2=O)cc1. The Morgan fingerprint density at radius 3 is 2.32 bits per heavy atom. The van der Waals surface area contributed by atoms with Crippen molar-refractivity contribution in [2.75, 3.05) is 17.4 Å². The summed E-state index contributed by atoms with van der Waals surface area (Å²) in [5.74, 6) is -7.48. The zero-order chi connectivity index (χ0) is 40.7. The number of anilines is 2. The number of carbonyl (C=O) groups excluding carboxylic acids is 4. The molecule has 8 rings (SSSR count). The molecule has 3 aromatic carbocycles. The molecule has 1 saturated carbocycles. The number of hydrogen-bond acceptors (Lipinski definition) is 8. The molecule has 0 bridgehead atoms. The van der Waals surface area contributed by atoms with Crippen molar-refractivity contribution < 1.29 is 42.2 Å². The van der Waals surface area contributed by atoms with Crippen molar-refractivity contribution in [1.82, 2.24) is 9.99 Å². The zero-order valence-corrected chi connectivity index (χ0v) is 33.2. The highest BCUT2D eigenvalue weighted by Gasteiger charge is 2.70. The summed E-state index contributed by atoms with van der Waals surface area (Å²) in [7, 11) is 1.36. The minimum Gasteiger partial charge on any atom is -0.503 e. The van der Waals surface area contributed by atoms with Gasteiger partial charge in [-0.15, -0.1) is 0 Å². The summed E-state index contributed by atoms with van der Waals surface area (Å²) < 4.78 is 46.3. The average molecular weight is 885 g/mol. The van der Waals surface area contributed by atoms with Crippen molar-refractivity contribution in [2.45, 2.75) is 43.7 Å². The number of rotatable bonds is 7. The van der Waals surface area contributed by atoms with Gasteiger partial charge >= 0.3 is 6.18 Å². The van der Waals surface area contributed by atoms with Crippen LogP contribution in [0.3, 0.4) is 0 Å². The summed E-state index contributed by atoms with van der Waals surface area (Å²) in [4.78, 5) is 64.1. The predicted molar refractivity (Wildman–Crippen MR) is 208 cm³/mol. The van der Waals surface area contributed by atoms with Crippen LogP contribution in [0.5, 0.6) is 11.5 Å². The van der Waals surface area contributed by atoms with Crippen LogP contribution in [0.1, 0.15) is 47.9 Å². The van der Waals surface area contributed by atoms with Crippen molar-refractivity contribution in [3.8, 4) is 11.5 Å². The summed E-state index contributed by atoms with van der Waals surface area (Å²) in [5.41, 5.74) is 2.61. The maximum Gasteiger partial charge on any atom is 0.417 e. The molecule has 4 aliphatic rings. The number of aryl methyl sites for hydroxylation is 1. The van der Waals surface area contributed by atoms with Crippen LogP contribution in [0, 0.1) is 23.7 Å². The number of ether oxygens (including phenoxy) is 1. The van der Waals surface area contributed by atoms with Crippen molar-refractivity contribution in [3.63, 3.8) is 0 Å². The molecule has 2 N–H and O–H groups in total. The Morgan fingerprint density at radius 2 is 1.68 bits per heavy atom. The monoisotopic (exact) mass is 882 g/mol. The van der Waals surface area contributed by atoms with E-state index in [9.17, 15) is 32.7 Å². The van der Waals surface area contributed by atoms with Crippen molar-refractivity contribution in [1.29, 1.82) is 0 Å². The zero-order valence-electron chi connectivity index (χ0n) is 30.1. The Bertz CT molecular complexity index is 2400. The molecule has 4 amide bonds. The number of allylic oxidation sites excluding steroid dienone is 2. The van der Waals surface area contributed by atoms with Crippen LogP contribution < -0.4 is 15.1 Å². The average Bonchev–Trinajstić information content (AvgIpc) is 3.57. The molecule has 10 nitrogen and oxygen atoms in total. The third-order valence-corrected chi connectivity index (χ3v) is 12.9. The second kappa shape index (κ2) is 14.2. The van der Waals surface area contributed by atoms with E-state index >= 15 is 4.79 Å². The fraction of sp³-hybridized carbons (Fsp3) is 0.293. The van der Waals surface area contributed by atoms with E-state index in [0.717, 1.165) is 17.0 Å². The molecule has 16 heteroatoms. The van der Waals surface area contributed by atoms with Gasteiger partial charge in [-0.25, -0.2) is 4.98 Å². The van der Waals surface area contributed by atoms with Gasteiger partial charge in [0, 0.05) is 17.1 Å². The highest BCUT2D eigenvalue weighted by atomic mass is 79.9. The lowest BCUT2D eigenvalue weighted by Gasteiger charge is -2.50. The van der Waals surface area contributed by atoms with E-state index in [1.165, 1.54) is 12.0 Å². The van der Waals surface area contributed by atoms with E-state index in [4.69, 9.17) is 27.9 Å². The van der Waals surface area contributed by atoms with Gasteiger partial charge in [-0.1, -0.05) is 66.0 Å². The molecule has 1 aromatic heterocycles. The fourth-order valence-electron chi connectivity index (χ4n) is 9.21. The second-order valence-electron chi connectivity index (χ2n) is 14.5. The van der Waals surface area contributed by atoms with Gasteiger partial charge in [0.15, 0.2) is 17.3 Å². The smallest absolute Gasteiger partial charge is 0.417 e. The lowest BCUT2D eigenvalue weighted by molar-refractivity contribution is -0.139. The van der Waals surface area contributed by atoms with E-state index in [-0.39, 0.29) is 40.5 Å². The van der Waals surface area contributed by atoms with Crippen molar-refractivity contribution in [2.24, 2.45) is 23.7 Å². The molecule has 294 valence electrons. The molecule has 4 aromatic rings. The molecule has 2 aliphatic heterocycles. The summed E-state index contributed by atoms with van der Waals surface area (Å²) in [6.07, 6.45) is -1.49. The Morgan fingerprint density at radius 1 is 0.982 bits per heavy atom. The summed E-state index contributed by atoms with van der Waals surface area (Å²) >= 11 is 16.0. The number of hydrogen-bond donors (Lipinski definition) is 2. The van der Waals surface area contributed by atoms with Crippen LogP contribution in [0.2, 0.25) is 10.0 Å². The van der Waals surface area contributed by atoms with Gasteiger partial charge < -0.3 is 9.84 Å². The second-order valence-corrected chi connectivity index (χ2v) is 16.2. The lowest BCUT2D eigenvalue weighted by Crippen LogP contribution is -2.53. The van der Waals surface area contributed by atoms with E-state index in [1.54, 1.807) is 48.5 Å². The van der Waals surface area contributed by atoms with Gasteiger partial charge in [0.1, 0.15) is 0 Å². The first-order chi connectivity index (χ1) is 27.1. The largest absolute Gasteiger partial charge is 0.503 e. The number of imide groups is 2. The van der Waals surface area contributed by atoms with Gasteiger partial charge in [0.05, 0.1) is 51.0 Å². The minimum atomic E-state index is -4.76. The number of pyridine rings is 1. The predicted octanol–water partition coefficient (Wildman–Crippen LogP) is 8.64. The molecule has 0 spiro atoms. The number of hydrazine groups is 1. The topological polar surface area (TPSA) is 129 Å². The number of aromatic hydroxyl groups is 1. The number of methoxy groups -OCH3 is 1. The number of fused-ring (bicyclic) bond motifs is 4. The number of nitrogens with zero attached hydrogens (tertiary/aromatic N) is 3. The van der Waals surface area contributed by atoms with Crippen molar-refractivity contribution in [3.05, 3.63) is 121 Å². The molecule has 0 radical (unpaired) electrons. The molecule has 3 fully saturated rings. The summed E-state index contributed by atoms with van der Waals surface area (Å²) in [6, 6.07) is 17.4. The Balaban J connectivity index is 1.32. The van der Waals surface area contributed by atoms with E-state index in [2.05, 4.69) is 26.3 Å². The number of alkyl halides is 3. The number of benzene rings is 3.